The SMILES string of the molecule is NC(=O)c1c(NC(=O)COC(=O)c2cc(Cl)ccc2Cl)sc2c1CCCC2. The fraction of sp³-hybridized carbons (Fsp3) is 0.278. The largest absolute Gasteiger partial charge is 0.452 e. The minimum Gasteiger partial charge on any atom is -0.452 e. The number of fused-ring (bicyclic) bond motifs is 1. The summed E-state index contributed by atoms with van der Waals surface area (Å²) in [5, 5.41) is 3.52. The first kappa shape index (κ1) is 19.7. The van der Waals surface area contributed by atoms with Crippen molar-refractivity contribution in [3.63, 3.8) is 0 Å². The summed E-state index contributed by atoms with van der Waals surface area (Å²) in [4.78, 5) is 37.2. The average Bonchev–Trinajstić information content (AvgIpc) is 2.99. The van der Waals surface area contributed by atoms with Crippen molar-refractivity contribution in [3.8, 4) is 0 Å². The zero-order valence-electron chi connectivity index (χ0n) is 14.1. The van der Waals surface area contributed by atoms with Gasteiger partial charge in [0, 0.05) is 9.90 Å². The van der Waals surface area contributed by atoms with E-state index in [-0.39, 0.29) is 10.6 Å². The number of anilines is 1. The van der Waals surface area contributed by atoms with E-state index in [1.807, 2.05) is 0 Å². The second kappa shape index (κ2) is 8.29. The van der Waals surface area contributed by atoms with Crippen LogP contribution in [-0.4, -0.2) is 24.4 Å². The molecule has 1 aliphatic rings. The monoisotopic (exact) mass is 426 g/mol. The van der Waals surface area contributed by atoms with Crippen molar-refractivity contribution in [1.82, 2.24) is 0 Å². The van der Waals surface area contributed by atoms with Crippen LogP contribution < -0.4 is 11.1 Å². The number of rotatable bonds is 5. The van der Waals surface area contributed by atoms with Crippen molar-refractivity contribution in [2.45, 2.75) is 25.7 Å². The zero-order chi connectivity index (χ0) is 19.6. The van der Waals surface area contributed by atoms with Crippen molar-refractivity contribution in [1.29, 1.82) is 0 Å². The number of amides is 2. The molecule has 1 heterocycles. The first-order valence-corrected chi connectivity index (χ1v) is 9.80. The summed E-state index contributed by atoms with van der Waals surface area (Å²) < 4.78 is 4.99. The molecule has 0 atom stereocenters. The highest BCUT2D eigenvalue weighted by molar-refractivity contribution is 7.17. The first-order valence-electron chi connectivity index (χ1n) is 8.23. The molecule has 0 saturated heterocycles. The van der Waals surface area contributed by atoms with E-state index in [1.54, 1.807) is 0 Å². The Kier molecular flexibility index (Phi) is 6.04. The molecule has 142 valence electrons. The molecule has 0 saturated carbocycles. The minimum atomic E-state index is -0.766. The van der Waals surface area contributed by atoms with Crippen LogP contribution in [0.15, 0.2) is 18.2 Å². The second-order valence-electron chi connectivity index (χ2n) is 6.03. The van der Waals surface area contributed by atoms with Crippen molar-refractivity contribution in [2.24, 2.45) is 5.73 Å². The predicted octanol–water partition coefficient (Wildman–Crippen LogP) is 3.83. The van der Waals surface area contributed by atoms with Crippen molar-refractivity contribution >= 4 is 57.3 Å². The van der Waals surface area contributed by atoms with Crippen LogP contribution >= 0.6 is 34.5 Å². The Morgan fingerprint density at radius 3 is 2.67 bits per heavy atom. The Labute approximate surface area is 169 Å². The van der Waals surface area contributed by atoms with E-state index in [2.05, 4.69) is 5.32 Å². The number of aryl methyl sites for hydroxylation is 1. The number of nitrogens with one attached hydrogen (secondary N) is 1. The molecule has 27 heavy (non-hydrogen) atoms. The molecular formula is C18H16Cl2N2O4S. The van der Waals surface area contributed by atoms with E-state index in [1.165, 1.54) is 29.5 Å². The van der Waals surface area contributed by atoms with Crippen molar-refractivity contribution in [2.75, 3.05) is 11.9 Å². The molecule has 1 aromatic carbocycles. The van der Waals surface area contributed by atoms with Gasteiger partial charge < -0.3 is 15.8 Å². The first-order chi connectivity index (χ1) is 12.9. The van der Waals surface area contributed by atoms with Gasteiger partial charge in [0.05, 0.1) is 16.1 Å². The molecule has 0 fully saturated rings. The number of esters is 1. The van der Waals surface area contributed by atoms with Crippen LogP contribution in [0.25, 0.3) is 0 Å². The maximum atomic E-state index is 12.2. The highest BCUT2D eigenvalue weighted by Crippen LogP contribution is 2.37. The van der Waals surface area contributed by atoms with Gasteiger partial charge in [-0.1, -0.05) is 23.2 Å². The number of benzene rings is 1. The number of hydrogen-bond acceptors (Lipinski definition) is 5. The van der Waals surface area contributed by atoms with Crippen LogP contribution in [0.5, 0.6) is 0 Å². The van der Waals surface area contributed by atoms with Crippen LogP contribution in [0.2, 0.25) is 10.0 Å². The van der Waals surface area contributed by atoms with E-state index in [0.717, 1.165) is 36.1 Å². The zero-order valence-corrected chi connectivity index (χ0v) is 16.5. The van der Waals surface area contributed by atoms with Crippen LogP contribution in [0.1, 0.15) is 44.0 Å². The van der Waals surface area contributed by atoms with E-state index >= 15 is 0 Å². The van der Waals surface area contributed by atoms with Crippen LogP contribution in [-0.2, 0) is 22.4 Å². The Bertz CT molecular complexity index is 926. The standard InChI is InChI=1S/C18H16Cl2N2O4S/c19-9-5-6-12(20)11(7-9)18(25)26-8-14(23)22-17-15(16(21)24)10-3-1-2-4-13(10)27-17/h5-7H,1-4,8H2,(H2,21,24)(H,22,23). The fourth-order valence-electron chi connectivity index (χ4n) is 2.94. The van der Waals surface area contributed by atoms with Gasteiger partial charge in [-0.25, -0.2) is 4.79 Å². The molecule has 3 N–H and O–H groups in total. The van der Waals surface area contributed by atoms with Crippen LogP contribution in [0.3, 0.4) is 0 Å². The molecule has 0 bridgehead atoms. The van der Waals surface area contributed by atoms with Gasteiger partial charge in [-0.05, 0) is 49.4 Å². The van der Waals surface area contributed by atoms with Crippen LogP contribution in [0, 0.1) is 0 Å². The number of hydrogen-bond donors (Lipinski definition) is 2. The lowest BCUT2D eigenvalue weighted by Crippen LogP contribution is -2.23. The van der Waals surface area contributed by atoms with Gasteiger partial charge in [-0.3, -0.25) is 9.59 Å². The maximum absolute atomic E-state index is 12.2. The van der Waals surface area contributed by atoms with Crippen molar-refractivity contribution in [3.05, 3.63) is 49.8 Å². The van der Waals surface area contributed by atoms with Gasteiger partial charge in [-0.15, -0.1) is 11.3 Å². The van der Waals surface area contributed by atoms with Crippen molar-refractivity contribution < 1.29 is 19.1 Å². The Hall–Kier alpha value is -2.09. The number of nitrogens with two attached hydrogens (primary N) is 1. The highest BCUT2D eigenvalue weighted by Gasteiger charge is 2.25. The second-order valence-corrected chi connectivity index (χ2v) is 7.98. The lowest BCUT2D eigenvalue weighted by Gasteiger charge is -2.11. The number of thiophene rings is 1. The summed E-state index contributed by atoms with van der Waals surface area (Å²) in [5.74, 6) is -1.91. The smallest absolute Gasteiger partial charge is 0.340 e. The van der Waals surface area contributed by atoms with E-state index < -0.39 is 24.4 Å². The fourth-order valence-corrected chi connectivity index (χ4v) is 4.62. The Morgan fingerprint density at radius 1 is 1.19 bits per heavy atom. The van der Waals surface area contributed by atoms with Gasteiger partial charge in [0.25, 0.3) is 11.8 Å². The van der Waals surface area contributed by atoms with Crippen LogP contribution in [0.4, 0.5) is 5.00 Å². The molecule has 0 unspecified atom stereocenters. The molecular weight excluding hydrogens is 411 g/mol. The third-order valence-corrected chi connectivity index (χ3v) is 5.93. The van der Waals surface area contributed by atoms with Gasteiger partial charge in [0.15, 0.2) is 6.61 Å². The molecule has 1 aromatic heterocycles. The van der Waals surface area contributed by atoms with Gasteiger partial charge in [0.2, 0.25) is 0 Å². The molecule has 0 radical (unpaired) electrons. The number of ether oxygens (including phenoxy) is 1. The summed E-state index contributed by atoms with van der Waals surface area (Å²) in [6, 6.07) is 4.37. The van der Waals surface area contributed by atoms with E-state index in [0.29, 0.717) is 15.6 Å². The number of carbonyl (C=O) groups excluding carboxylic acids is 3. The molecule has 0 aliphatic heterocycles. The summed E-state index contributed by atoms with van der Waals surface area (Å²) in [6.07, 6.45) is 3.65. The van der Waals surface area contributed by atoms with E-state index in [4.69, 9.17) is 33.7 Å². The molecule has 6 nitrogen and oxygen atoms in total. The minimum absolute atomic E-state index is 0.0707. The maximum Gasteiger partial charge on any atom is 0.340 e. The number of carbonyl (C=O) groups is 3. The van der Waals surface area contributed by atoms with Gasteiger partial charge in [0.1, 0.15) is 5.00 Å². The molecule has 2 aromatic rings. The number of primary amides is 1. The summed E-state index contributed by atoms with van der Waals surface area (Å²) in [7, 11) is 0. The Balaban J connectivity index is 1.68. The summed E-state index contributed by atoms with van der Waals surface area (Å²) in [5.41, 5.74) is 6.83. The summed E-state index contributed by atoms with van der Waals surface area (Å²) in [6.45, 7) is -0.525. The molecule has 0 spiro atoms. The highest BCUT2D eigenvalue weighted by atomic mass is 35.5. The van der Waals surface area contributed by atoms with Gasteiger partial charge >= 0.3 is 5.97 Å². The Morgan fingerprint density at radius 2 is 1.93 bits per heavy atom. The average molecular weight is 427 g/mol. The topological polar surface area (TPSA) is 98.5 Å². The predicted molar refractivity (Wildman–Crippen MR) is 105 cm³/mol. The summed E-state index contributed by atoms with van der Waals surface area (Å²) >= 11 is 13.1. The quantitative estimate of drug-likeness (QED) is 0.709. The number of halogens is 2. The normalized spacial score (nSPS) is 13.0. The molecule has 2 amide bonds. The molecule has 3 rings (SSSR count). The van der Waals surface area contributed by atoms with E-state index in [9.17, 15) is 14.4 Å². The molecule has 9 heteroatoms. The molecule has 1 aliphatic carbocycles. The van der Waals surface area contributed by atoms with Gasteiger partial charge in [-0.2, -0.15) is 0 Å². The lowest BCUT2D eigenvalue weighted by atomic mass is 9.95. The lowest BCUT2D eigenvalue weighted by molar-refractivity contribution is -0.119. The third kappa shape index (κ3) is 4.43. The third-order valence-electron chi connectivity index (χ3n) is 4.15.